The molecule has 0 spiro atoms. The SMILES string of the molecule is CC(N)=CC(=O)c1ccc(Br)cc1. The number of benzene rings is 1. The monoisotopic (exact) mass is 239 g/mol. The molecule has 0 unspecified atom stereocenters. The maximum Gasteiger partial charge on any atom is 0.187 e. The van der Waals surface area contributed by atoms with E-state index in [0.29, 0.717) is 11.3 Å². The van der Waals surface area contributed by atoms with Crippen LogP contribution in [-0.4, -0.2) is 5.78 Å². The van der Waals surface area contributed by atoms with Crippen molar-refractivity contribution in [3.8, 4) is 0 Å². The fourth-order valence-electron chi connectivity index (χ4n) is 0.904. The Bertz CT molecular complexity index is 336. The molecule has 0 fully saturated rings. The maximum atomic E-state index is 11.4. The minimum absolute atomic E-state index is 0.0625. The van der Waals surface area contributed by atoms with Gasteiger partial charge in [-0.1, -0.05) is 15.9 Å². The predicted molar refractivity (Wildman–Crippen MR) is 56.4 cm³/mol. The molecule has 0 amide bonds. The molecule has 68 valence electrons. The lowest BCUT2D eigenvalue weighted by molar-refractivity contribution is 0.104. The van der Waals surface area contributed by atoms with Gasteiger partial charge in [0.25, 0.3) is 0 Å². The van der Waals surface area contributed by atoms with Crippen LogP contribution < -0.4 is 5.73 Å². The molecular weight excluding hydrogens is 230 g/mol. The lowest BCUT2D eigenvalue weighted by Crippen LogP contribution is -1.99. The maximum absolute atomic E-state index is 11.4. The normalized spacial score (nSPS) is 11.4. The summed E-state index contributed by atoms with van der Waals surface area (Å²) < 4.78 is 0.956. The van der Waals surface area contributed by atoms with Crippen molar-refractivity contribution in [2.24, 2.45) is 5.73 Å². The summed E-state index contributed by atoms with van der Waals surface area (Å²) in [6.45, 7) is 1.69. The van der Waals surface area contributed by atoms with Gasteiger partial charge in [-0.05, 0) is 31.2 Å². The third-order valence-corrected chi connectivity index (χ3v) is 2.02. The molecule has 2 N–H and O–H groups in total. The van der Waals surface area contributed by atoms with Gasteiger partial charge in [0.05, 0.1) is 0 Å². The van der Waals surface area contributed by atoms with Crippen LogP contribution in [0.3, 0.4) is 0 Å². The van der Waals surface area contributed by atoms with Crippen molar-refractivity contribution < 1.29 is 4.79 Å². The van der Waals surface area contributed by atoms with Crippen LogP contribution in [0.2, 0.25) is 0 Å². The van der Waals surface area contributed by atoms with Gasteiger partial charge in [0.1, 0.15) is 0 Å². The zero-order valence-corrected chi connectivity index (χ0v) is 8.84. The average molecular weight is 240 g/mol. The van der Waals surface area contributed by atoms with Crippen LogP contribution in [0.15, 0.2) is 40.5 Å². The second kappa shape index (κ2) is 4.23. The third kappa shape index (κ3) is 3.03. The van der Waals surface area contributed by atoms with Crippen molar-refractivity contribution in [2.75, 3.05) is 0 Å². The van der Waals surface area contributed by atoms with E-state index in [0.717, 1.165) is 4.47 Å². The summed E-state index contributed by atoms with van der Waals surface area (Å²) in [6.07, 6.45) is 1.42. The molecule has 0 aliphatic heterocycles. The molecule has 0 aliphatic carbocycles. The highest BCUT2D eigenvalue weighted by Crippen LogP contribution is 2.11. The van der Waals surface area contributed by atoms with Crippen molar-refractivity contribution in [2.45, 2.75) is 6.92 Å². The first-order valence-corrected chi connectivity index (χ1v) is 4.62. The lowest BCUT2D eigenvalue weighted by atomic mass is 10.1. The summed E-state index contributed by atoms with van der Waals surface area (Å²) in [6, 6.07) is 7.16. The van der Waals surface area contributed by atoms with Crippen LogP contribution >= 0.6 is 15.9 Å². The molecule has 0 aromatic heterocycles. The van der Waals surface area contributed by atoms with Crippen molar-refractivity contribution in [1.29, 1.82) is 0 Å². The fourth-order valence-corrected chi connectivity index (χ4v) is 1.17. The Labute approximate surface area is 85.6 Å². The molecule has 3 heteroatoms. The number of rotatable bonds is 2. The van der Waals surface area contributed by atoms with Gasteiger partial charge in [-0.2, -0.15) is 0 Å². The molecule has 1 aromatic rings. The molecular formula is C10H10BrNO. The molecule has 1 rings (SSSR count). The smallest absolute Gasteiger partial charge is 0.187 e. The number of carbonyl (C=O) groups excluding carboxylic acids is 1. The molecule has 1 aromatic carbocycles. The van der Waals surface area contributed by atoms with E-state index in [-0.39, 0.29) is 5.78 Å². The van der Waals surface area contributed by atoms with E-state index in [1.165, 1.54) is 6.08 Å². The number of allylic oxidation sites excluding steroid dienone is 2. The number of hydrogen-bond acceptors (Lipinski definition) is 2. The minimum Gasteiger partial charge on any atom is -0.402 e. The highest BCUT2D eigenvalue weighted by molar-refractivity contribution is 9.10. The largest absolute Gasteiger partial charge is 0.402 e. The highest BCUT2D eigenvalue weighted by Gasteiger charge is 2.00. The number of ketones is 1. The third-order valence-electron chi connectivity index (χ3n) is 1.49. The minimum atomic E-state index is -0.0625. The van der Waals surface area contributed by atoms with Gasteiger partial charge in [0, 0.05) is 21.8 Å². The summed E-state index contributed by atoms with van der Waals surface area (Å²) in [5.41, 5.74) is 6.56. The second-order valence-corrected chi connectivity index (χ2v) is 3.68. The molecule has 13 heavy (non-hydrogen) atoms. The topological polar surface area (TPSA) is 43.1 Å². The second-order valence-electron chi connectivity index (χ2n) is 2.76. The van der Waals surface area contributed by atoms with Gasteiger partial charge in [0.15, 0.2) is 5.78 Å². The van der Waals surface area contributed by atoms with E-state index in [1.54, 1.807) is 19.1 Å². The van der Waals surface area contributed by atoms with Crippen LogP contribution in [0.5, 0.6) is 0 Å². The van der Waals surface area contributed by atoms with E-state index in [1.807, 2.05) is 12.1 Å². The van der Waals surface area contributed by atoms with Gasteiger partial charge in [-0.3, -0.25) is 4.79 Å². The zero-order chi connectivity index (χ0) is 9.84. The Hall–Kier alpha value is -1.09. The van der Waals surface area contributed by atoms with E-state index in [9.17, 15) is 4.79 Å². The van der Waals surface area contributed by atoms with Crippen LogP contribution in [0.4, 0.5) is 0 Å². The summed E-state index contributed by atoms with van der Waals surface area (Å²) in [7, 11) is 0. The van der Waals surface area contributed by atoms with Crippen molar-refractivity contribution in [3.63, 3.8) is 0 Å². The number of nitrogens with two attached hydrogens (primary N) is 1. The Kier molecular flexibility index (Phi) is 3.25. The molecule has 0 heterocycles. The number of carbonyl (C=O) groups is 1. The van der Waals surface area contributed by atoms with Crippen LogP contribution in [0.25, 0.3) is 0 Å². The predicted octanol–water partition coefficient (Wildman–Crippen LogP) is 2.49. The van der Waals surface area contributed by atoms with Crippen LogP contribution in [-0.2, 0) is 0 Å². The highest BCUT2D eigenvalue weighted by atomic mass is 79.9. The number of halogens is 1. The van der Waals surface area contributed by atoms with E-state index >= 15 is 0 Å². The fraction of sp³-hybridized carbons (Fsp3) is 0.100. The first kappa shape index (κ1) is 9.99. The average Bonchev–Trinajstić information content (AvgIpc) is 2.04. The van der Waals surface area contributed by atoms with Gasteiger partial charge < -0.3 is 5.73 Å². The summed E-state index contributed by atoms with van der Waals surface area (Å²) in [5, 5.41) is 0. The van der Waals surface area contributed by atoms with Gasteiger partial charge in [-0.25, -0.2) is 0 Å². The van der Waals surface area contributed by atoms with Crippen molar-refractivity contribution >= 4 is 21.7 Å². The summed E-state index contributed by atoms with van der Waals surface area (Å²) in [5.74, 6) is -0.0625. The van der Waals surface area contributed by atoms with E-state index in [2.05, 4.69) is 15.9 Å². The Morgan fingerprint density at radius 2 is 1.92 bits per heavy atom. The van der Waals surface area contributed by atoms with E-state index in [4.69, 9.17) is 5.73 Å². The molecule has 0 saturated carbocycles. The first-order chi connectivity index (χ1) is 6.09. The zero-order valence-electron chi connectivity index (χ0n) is 7.25. The molecule has 2 nitrogen and oxygen atoms in total. The lowest BCUT2D eigenvalue weighted by Gasteiger charge is -1.96. The summed E-state index contributed by atoms with van der Waals surface area (Å²) in [4.78, 5) is 11.4. The molecule has 0 aliphatic rings. The molecule has 0 atom stereocenters. The van der Waals surface area contributed by atoms with Crippen molar-refractivity contribution in [3.05, 3.63) is 46.1 Å². The van der Waals surface area contributed by atoms with E-state index < -0.39 is 0 Å². The quantitative estimate of drug-likeness (QED) is 0.637. The summed E-state index contributed by atoms with van der Waals surface area (Å²) >= 11 is 3.29. The standard InChI is InChI=1S/C10H10BrNO/c1-7(12)6-10(13)8-2-4-9(11)5-3-8/h2-6H,12H2,1H3. The molecule has 0 radical (unpaired) electrons. The molecule has 0 bridgehead atoms. The first-order valence-electron chi connectivity index (χ1n) is 3.83. The van der Waals surface area contributed by atoms with Crippen LogP contribution in [0.1, 0.15) is 17.3 Å². The van der Waals surface area contributed by atoms with Gasteiger partial charge >= 0.3 is 0 Å². The molecule has 0 saturated heterocycles. The Morgan fingerprint density at radius 3 is 2.38 bits per heavy atom. The Balaban J connectivity index is 2.90. The van der Waals surface area contributed by atoms with Crippen LogP contribution in [0, 0.1) is 0 Å². The Morgan fingerprint density at radius 1 is 1.38 bits per heavy atom. The van der Waals surface area contributed by atoms with Crippen molar-refractivity contribution in [1.82, 2.24) is 0 Å². The van der Waals surface area contributed by atoms with Gasteiger partial charge in [-0.15, -0.1) is 0 Å². The number of hydrogen-bond donors (Lipinski definition) is 1. The van der Waals surface area contributed by atoms with Gasteiger partial charge in [0.2, 0.25) is 0 Å².